The van der Waals surface area contributed by atoms with E-state index in [4.69, 9.17) is 15.6 Å². The average Bonchev–Trinajstić information content (AvgIpc) is 3.34. The minimum absolute atomic E-state index is 0.0213. The third kappa shape index (κ3) is 6.11. The molecule has 1 saturated carbocycles. The predicted molar refractivity (Wildman–Crippen MR) is 159 cm³/mol. The van der Waals surface area contributed by atoms with E-state index in [0.717, 1.165) is 65.9 Å². The minimum Gasteiger partial charge on any atom is -0.457 e. The van der Waals surface area contributed by atoms with Crippen LogP contribution in [0.15, 0.2) is 60.9 Å². The van der Waals surface area contributed by atoms with E-state index in [0.29, 0.717) is 11.7 Å². The fraction of sp³-hybridized carbons (Fsp3) is 0.452. The predicted octanol–water partition coefficient (Wildman–Crippen LogP) is 5.28. The molecule has 2 aromatic carbocycles. The molecule has 1 aliphatic carbocycles. The number of nitrogens with one attached hydrogen (secondary N) is 2. The van der Waals surface area contributed by atoms with E-state index in [1.807, 2.05) is 73.3 Å². The van der Waals surface area contributed by atoms with Crippen LogP contribution < -0.4 is 21.1 Å². The summed E-state index contributed by atoms with van der Waals surface area (Å²) in [6.45, 7) is 6.24. The Morgan fingerprint density at radius 2 is 1.70 bits per heavy atom. The molecule has 5 N–H and O–H groups in total. The maximum atomic E-state index is 11.2. The van der Waals surface area contributed by atoms with E-state index < -0.39 is 5.72 Å². The lowest BCUT2D eigenvalue weighted by Gasteiger charge is -2.40. The van der Waals surface area contributed by atoms with Crippen LogP contribution in [0.4, 0.5) is 5.82 Å². The topological polar surface area (TPSA) is 123 Å². The van der Waals surface area contributed by atoms with Crippen molar-refractivity contribution in [3.05, 3.63) is 60.9 Å². The summed E-state index contributed by atoms with van der Waals surface area (Å²) in [7, 11) is 1.91. The van der Waals surface area contributed by atoms with Crippen molar-refractivity contribution in [1.29, 1.82) is 0 Å². The Hall–Kier alpha value is -3.53. The normalized spacial score (nSPS) is 19.9. The molecule has 40 heavy (non-hydrogen) atoms. The summed E-state index contributed by atoms with van der Waals surface area (Å²) in [5.41, 5.74) is 7.83. The number of benzene rings is 2. The van der Waals surface area contributed by atoms with Crippen molar-refractivity contribution in [2.24, 2.45) is 5.92 Å². The van der Waals surface area contributed by atoms with Gasteiger partial charge in [0.2, 0.25) is 0 Å². The second kappa shape index (κ2) is 11.9. The summed E-state index contributed by atoms with van der Waals surface area (Å²) in [5, 5.41) is 23.9. The average molecular weight is 544 g/mol. The van der Waals surface area contributed by atoms with Crippen molar-refractivity contribution in [3.63, 3.8) is 0 Å². The van der Waals surface area contributed by atoms with Crippen LogP contribution in [-0.2, 0) is 0 Å². The number of aromatic nitrogens is 4. The SMILES string of the molecule is CN[C@@H](CC(C)C)C(C)(O)NC1CCC(n2nc(-c3ccc(Oc4ccccc4)cc3)c3c(N)ncnc32)CC1. The first-order valence-electron chi connectivity index (χ1n) is 14.2. The van der Waals surface area contributed by atoms with Gasteiger partial charge in [0.25, 0.3) is 0 Å². The number of para-hydroxylation sites is 1. The summed E-state index contributed by atoms with van der Waals surface area (Å²) in [6.07, 6.45) is 6.11. The molecule has 2 heterocycles. The molecule has 0 bridgehead atoms. The number of fused-ring (bicyclic) bond motifs is 1. The highest BCUT2D eigenvalue weighted by Crippen LogP contribution is 2.37. The Morgan fingerprint density at radius 1 is 1.02 bits per heavy atom. The number of nitrogens with zero attached hydrogens (tertiary/aromatic N) is 4. The molecule has 212 valence electrons. The summed E-state index contributed by atoms with van der Waals surface area (Å²) >= 11 is 0. The molecule has 0 aliphatic heterocycles. The van der Waals surface area contributed by atoms with Gasteiger partial charge in [0.1, 0.15) is 35.1 Å². The number of rotatable bonds is 10. The van der Waals surface area contributed by atoms with Gasteiger partial charge >= 0.3 is 0 Å². The van der Waals surface area contributed by atoms with Gasteiger partial charge in [-0.05, 0) is 88.4 Å². The lowest BCUT2D eigenvalue weighted by atomic mass is 9.88. The van der Waals surface area contributed by atoms with E-state index in [2.05, 4.69) is 34.4 Å². The van der Waals surface area contributed by atoms with E-state index in [-0.39, 0.29) is 18.1 Å². The van der Waals surface area contributed by atoms with Gasteiger partial charge in [0.05, 0.1) is 11.4 Å². The van der Waals surface area contributed by atoms with Gasteiger partial charge in [0.15, 0.2) is 5.65 Å². The molecule has 0 radical (unpaired) electrons. The number of likely N-dealkylation sites (N-methyl/N-ethyl adjacent to an activating group) is 1. The van der Waals surface area contributed by atoms with Crippen LogP contribution in [0, 0.1) is 5.92 Å². The van der Waals surface area contributed by atoms with E-state index in [1.165, 1.54) is 6.33 Å². The van der Waals surface area contributed by atoms with Crippen molar-refractivity contribution in [1.82, 2.24) is 30.4 Å². The van der Waals surface area contributed by atoms with Crippen LogP contribution in [0.2, 0.25) is 0 Å². The number of ether oxygens (including phenoxy) is 1. The Bertz CT molecular complexity index is 1390. The smallest absolute Gasteiger partial charge is 0.164 e. The maximum Gasteiger partial charge on any atom is 0.164 e. The summed E-state index contributed by atoms with van der Waals surface area (Å²) in [6, 6.07) is 18.0. The van der Waals surface area contributed by atoms with Crippen LogP contribution in [-0.4, -0.2) is 49.7 Å². The fourth-order valence-electron chi connectivity index (χ4n) is 5.84. The van der Waals surface area contributed by atoms with Crippen LogP contribution in [0.1, 0.15) is 58.9 Å². The highest BCUT2D eigenvalue weighted by atomic mass is 16.5. The molecular weight excluding hydrogens is 502 g/mol. The third-order valence-corrected chi connectivity index (χ3v) is 7.90. The van der Waals surface area contributed by atoms with Gasteiger partial charge in [-0.3, -0.25) is 5.32 Å². The molecule has 0 saturated heterocycles. The van der Waals surface area contributed by atoms with E-state index >= 15 is 0 Å². The van der Waals surface area contributed by atoms with Gasteiger partial charge < -0.3 is 20.9 Å². The molecule has 0 spiro atoms. The lowest BCUT2D eigenvalue weighted by Crippen LogP contribution is -2.60. The number of hydrogen-bond donors (Lipinski definition) is 4. The van der Waals surface area contributed by atoms with Gasteiger partial charge in [-0.25, -0.2) is 14.6 Å². The molecule has 1 aliphatic rings. The molecule has 0 amide bonds. The van der Waals surface area contributed by atoms with Crippen molar-refractivity contribution in [2.75, 3.05) is 12.8 Å². The largest absolute Gasteiger partial charge is 0.457 e. The zero-order chi connectivity index (χ0) is 28.3. The van der Waals surface area contributed by atoms with Crippen LogP contribution >= 0.6 is 0 Å². The molecule has 2 aromatic heterocycles. The first kappa shape index (κ1) is 28.0. The molecule has 4 aromatic rings. The van der Waals surface area contributed by atoms with Crippen molar-refractivity contribution < 1.29 is 9.84 Å². The van der Waals surface area contributed by atoms with Gasteiger partial charge in [-0.1, -0.05) is 32.0 Å². The van der Waals surface area contributed by atoms with Crippen molar-refractivity contribution >= 4 is 16.9 Å². The second-order valence-corrected chi connectivity index (χ2v) is 11.5. The summed E-state index contributed by atoms with van der Waals surface area (Å²) in [4.78, 5) is 8.87. The number of hydrogen-bond acceptors (Lipinski definition) is 8. The zero-order valence-corrected chi connectivity index (χ0v) is 23.8. The number of anilines is 1. The molecule has 1 fully saturated rings. The molecule has 1 unspecified atom stereocenters. The van der Waals surface area contributed by atoms with Gasteiger partial charge in [0, 0.05) is 17.6 Å². The highest BCUT2D eigenvalue weighted by molar-refractivity contribution is 5.98. The number of nitrogens with two attached hydrogens (primary N) is 1. The minimum atomic E-state index is -0.986. The van der Waals surface area contributed by atoms with E-state index in [9.17, 15) is 5.11 Å². The first-order chi connectivity index (χ1) is 19.2. The van der Waals surface area contributed by atoms with Crippen LogP contribution in [0.3, 0.4) is 0 Å². The highest BCUT2D eigenvalue weighted by Gasteiger charge is 2.35. The fourth-order valence-corrected chi connectivity index (χ4v) is 5.84. The standard InChI is InChI=1S/C31H41N7O2/c1-20(2)18-26(33-4)31(3,39)36-22-12-14-23(15-13-22)38-30-27(29(32)34-19-35-30)28(37-38)21-10-16-25(17-11-21)40-24-8-6-5-7-9-24/h5-11,16-17,19-20,22-23,26,33,36,39H,12-15,18H2,1-4H3,(H2,32,34,35)/t22?,23?,26-,31?/m0/s1. The maximum absolute atomic E-state index is 11.2. The van der Waals surface area contributed by atoms with Crippen LogP contribution in [0.5, 0.6) is 11.5 Å². The summed E-state index contributed by atoms with van der Waals surface area (Å²) < 4.78 is 7.99. The molecule has 9 nitrogen and oxygen atoms in total. The molecule has 5 rings (SSSR count). The van der Waals surface area contributed by atoms with Gasteiger partial charge in [-0.15, -0.1) is 0 Å². The Morgan fingerprint density at radius 3 is 2.35 bits per heavy atom. The van der Waals surface area contributed by atoms with Crippen molar-refractivity contribution in [2.45, 2.75) is 76.7 Å². The number of nitrogen functional groups attached to an aromatic ring is 1. The number of aliphatic hydroxyl groups is 1. The van der Waals surface area contributed by atoms with Crippen molar-refractivity contribution in [3.8, 4) is 22.8 Å². The van der Waals surface area contributed by atoms with E-state index in [1.54, 1.807) is 0 Å². The monoisotopic (exact) mass is 543 g/mol. The Labute approximate surface area is 236 Å². The Kier molecular flexibility index (Phi) is 8.35. The van der Waals surface area contributed by atoms with Crippen LogP contribution in [0.25, 0.3) is 22.3 Å². The zero-order valence-electron chi connectivity index (χ0n) is 23.8. The summed E-state index contributed by atoms with van der Waals surface area (Å²) in [5.74, 6) is 2.45. The molecular formula is C31H41N7O2. The van der Waals surface area contributed by atoms with Gasteiger partial charge in [-0.2, -0.15) is 5.10 Å². The molecule has 9 heteroatoms. The first-order valence-corrected chi connectivity index (χ1v) is 14.2. The molecule has 2 atom stereocenters. The third-order valence-electron chi connectivity index (χ3n) is 7.90. The lowest BCUT2D eigenvalue weighted by molar-refractivity contribution is -0.0318. The quantitative estimate of drug-likeness (QED) is 0.199. The Balaban J connectivity index is 1.33. The second-order valence-electron chi connectivity index (χ2n) is 11.5.